The Morgan fingerprint density at radius 3 is 2.68 bits per heavy atom. The SMILES string of the molecule is CCOC(=O)c1c(NC(=O)Cn2nnc(-c3ccccc3C)n2)sc(C)c1C. The van der Waals surface area contributed by atoms with E-state index >= 15 is 0 Å². The molecule has 0 bridgehead atoms. The number of aryl methyl sites for hydroxylation is 2. The Balaban J connectivity index is 1.75. The van der Waals surface area contributed by atoms with Crippen molar-refractivity contribution in [2.75, 3.05) is 11.9 Å². The van der Waals surface area contributed by atoms with Gasteiger partial charge in [-0.15, -0.1) is 21.5 Å². The minimum absolute atomic E-state index is 0.114. The van der Waals surface area contributed by atoms with E-state index in [1.165, 1.54) is 16.1 Å². The fourth-order valence-corrected chi connectivity index (χ4v) is 3.77. The number of carbonyl (C=O) groups excluding carboxylic acids is 2. The normalized spacial score (nSPS) is 10.7. The molecule has 9 heteroatoms. The highest BCUT2D eigenvalue weighted by molar-refractivity contribution is 7.16. The van der Waals surface area contributed by atoms with E-state index in [0.29, 0.717) is 16.4 Å². The molecule has 0 radical (unpaired) electrons. The lowest BCUT2D eigenvalue weighted by Gasteiger charge is -2.06. The van der Waals surface area contributed by atoms with Crippen molar-refractivity contribution in [2.24, 2.45) is 0 Å². The summed E-state index contributed by atoms with van der Waals surface area (Å²) >= 11 is 1.34. The monoisotopic (exact) mass is 399 g/mol. The quantitative estimate of drug-likeness (QED) is 0.639. The lowest BCUT2D eigenvalue weighted by atomic mass is 10.1. The van der Waals surface area contributed by atoms with Crippen LogP contribution in [0.4, 0.5) is 5.00 Å². The van der Waals surface area contributed by atoms with Gasteiger partial charge < -0.3 is 10.1 Å². The van der Waals surface area contributed by atoms with Gasteiger partial charge in [0.25, 0.3) is 0 Å². The molecular formula is C19H21N5O3S. The Bertz CT molecular complexity index is 1020. The smallest absolute Gasteiger partial charge is 0.341 e. The van der Waals surface area contributed by atoms with Crippen LogP contribution in [-0.2, 0) is 16.1 Å². The third-order valence-corrected chi connectivity index (χ3v) is 5.36. The van der Waals surface area contributed by atoms with E-state index in [2.05, 4.69) is 20.7 Å². The summed E-state index contributed by atoms with van der Waals surface area (Å²) in [6.07, 6.45) is 0. The lowest BCUT2D eigenvalue weighted by molar-refractivity contribution is -0.117. The first kappa shape index (κ1) is 19.7. The Hall–Kier alpha value is -3.07. The zero-order valence-corrected chi connectivity index (χ0v) is 17.0. The van der Waals surface area contributed by atoms with E-state index in [1.807, 2.05) is 45.0 Å². The molecule has 28 heavy (non-hydrogen) atoms. The lowest BCUT2D eigenvalue weighted by Crippen LogP contribution is -2.21. The van der Waals surface area contributed by atoms with Gasteiger partial charge >= 0.3 is 5.97 Å². The molecule has 0 saturated heterocycles. The molecule has 0 aliphatic rings. The maximum absolute atomic E-state index is 12.5. The molecule has 146 valence electrons. The van der Waals surface area contributed by atoms with E-state index in [0.717, 1.165) is 21.6 Å². The summed E-state index contributed by atoms with van der Waals surface area (Å²) in [7, 11) is 0. The molecule has 0 fully saturated rings. The fourth-order valence-electron chi connectivity index (χ4n) is 2.70. The Kier molecular flexibility index (Phi) is 5.84. The van der Waals surface area contributed by atoms with Crippen LogP contribution in [-0.4, -0.2) is 38.7 Å². The summed E-state index contributed by atoms with van der Waals surface area (Å²) in [5.74, 6) is -0.332. The van der Waals surface area contributed by atoms with Crippen LogP contribution in [0.2, 0.25) is 0 Å². The number of benzene rings is 1. The van der Waals surface area contributed by atoms with Crippen molar-refractivity contribution in [1.29, 1.82) is 0 Å². The molecule has 2 aromatic heterocycles. The second kappa shape index (κ2) is 8.30. The molecule has 0 atom stereocenters. The average molecular weight is 399 g/mol. The van der Waals surface area contributed by atoms with Gasteiger partial charge in [-0.05, 0) is 44.0 Å². The van der Waals surface area contributed by atoms with Gasteiger partial charge in [0.05, 0.1) is 12.2 Å². The van der Waals surface area contributed by atoms with E-state index in [9.17, 15) is 9.59 Å². The van der Waals surface area contributed by atoms with Crippen LogP contribution in [0.3, 0.4) is 0 Å². The molecule has 0 aliphatic carbocycles. The number of carbonyl (C=O) groups is 2. The van der Waals surface area contributed by atoms with Crippen molar-refractivity contribution in [2.45, 2.75) is 34.2 Å². The van der Waals surface area contributed by atoms with Crippen LogP contribution in [0.25, 0.3) is 11.4 Å². The van der Waals surface area contributed by atoms with E-state index in [-0.39, 0.29) is 19.1 Å². The number of esters is 1. The maximum Gasteiger partial charge on any atom is 0.341 e. The zero-order valence-electron chi connectivity index (χ0n) is 16.1. The van der Waals surface area contributed by atoms with Gasteiger partial charge in [-0.25, -0.2) is 4.79 Å². The van der Waals surface area contributed by atoms with Gasteiger partial charge in [0.2, 0.25) is 11.7 Å². The first-order chi connectivity index (χ1) is 13.4. The topological polar surface area (TPSA) is 99.0 Å². The molecule has 1 aromatic carbocycles. The number of hydrogen-bond donors (Lipinski definition) is 1. The van der Waals surface area contributed by atoms with E-state index in [4.69, 9.17) is 4.74 Å². The summed E-state index contributed by atoms with van der Waals surface area (Å²) in [5.41, 5.74) is 3.09. The van der Waals surface area contributed by atoms with Crippen LogP contribution in [0.5, 0.6) is 0 Å². The number of hydrogen-bond acceptors (Lipinski definition) is 7. The highest BCUT2D eigenvalue weighted by atomic mass is 32.1. The predicted octanol–water partition coefficient (Wildman–Crippen LogP) is 3.14. The van der Waals surface area contributed by atoms with Crippen molar-refractivity contribution >= 4 is 28.2 Å². The van der Waals surface area contributed by atoms with Gasteiger partial charge in [0, 0.05) is 10.4 Å². The van der Waals surface area contributed by atoms with Gasteiger partial charge in [-0.3, -0.25) is 4.79 Å². The number of nitrogens with zero attached hydrogens (tertiary/aromatic N) is 4. The third-order valence-electron chi connectivity index (χ3n) is 4.24. The van der Waals surface area contributed by atoms with Gasteiger partial charge in [-0.1, -0.05) is 24.3 Å². The third kappa shape index (κ3) is 4.09. The van der Waals surface area contributed by atoms with Crippen LogP contribution in [0, 0.1) is 20.8 Å². The minimum atomic E-state index is -0.444. The highest BCUT2D eigenvalue weighted by Gasteiger charge is 2.22. The number of anilines is 1. The van der Waals surface area contributed by atoms with Gasteiger partial charge in [0.15, 0.2) is 0 Å². The number of ether oxygens (including phenoxy) is 1. The van der Waals surface area contributed by atoms with E-state index < -0.39 is 5.97 Å². The number of thiophene rings is 1. The standard InChI is InChI=1S/C19H21N5O3S/c1-5-27-19(26)16-12(3)13(4)28-18(16)20-15(25)10-24-22-17(21-23-24)14-9-7-6-8-11(14)2/h6-9H,5,10H2,1-4H3,(H,20,25). The van der Waals surface area contributed by atoms with E-state index in [1.54, 1.807) is 6.92 Å². The summed E-state index contributed by atoms with van der Waals surface area (Å²) < 4.78 is 5.10. The maximum atomic E-state index is 12.5. The zero-order chi connectivity index (χ0) is 20.3. The number of rotatable bonds is 6. The highest BCUT2D eigenvalue weighted by Crippen LogP contribution is 2.33. The first-order valence-corrected chi connectivity index (χ1v) is 9.63. The van der Waals surface area contributed by atoms with Gasteiger partial charge in [-0.2, -0.15) is 4.80 Å². The van der Waals surface area contributed by atoms with Crippen molar-refractivity contribution in [3.63, 3.8) is 0 Å². The number of tetrazole rings is 1. The van der Waals surface area contributed by atoms with Crippen LogP contribution in [0.15, 0.2) is 24.3 Å². The molecule has 0 spiro atoms. The molecule has 3 rings (SSSR count). The molecular weight excluding hydrogens is 378 g/mol. The molecule has 0 saturated carbocycles. The molecule has 3 aromatic rings. The van der Waals surface area contributed by atoms with Crippen molar-refractivity contribution in [3.05, 3.63) is 45.8 Å². The number of nitrogens with one attached hydrogen (secondary N) is 1. The number of aromatic nitrogens is 4. The van der Waals surface area contributed by atoms with Crippen LogP contribution in [0.1, 0.15) is 33.3 Å². The van der Waals surface area contributed by atoms with Crippen molar-refractivity contribution in [1.82, 2.24) is 20.2 Å². The summed E-state index contributed by atoms with van der Waals surface area (Å²) in [4.78, 5) is 26.9. The van der Waals surface area contributed by atoms with Crippen LogP contribution >= 0.6 is 11.3 Å². The summed E-state index contributed by atoms with van der Waals surface area (Å²) in [5, 5.41) is 15.5. The van der Waals surface area contributed by atoms with Crippen molar-refractivity contribution in [3.8, 4) is 11.4 Å². The molecule has 1 amide bonds. The summed E-state index contributed by atoms with van der Waals surface area (Å²) in [6.45, 7) is 7.59. The number of amides is 1. The van der Waals surface area contributed by atoms with Crippen LogP contribution < -0.4 is 5.32 Å². The predicted molar refractivity (Wildman–Crippen MR) is 106 cm³/mol. The second-order valence-electron chi connectivity index (χ2n) is 6.21. The first-order valence-electron chi connectivity index (χ1n) is 8.81. The largest absolute Gasteiger partial charge is 0.462 e. The molecule has 0 unspecified atom stereocenters. The molecule has 1 N–H and O–H groups in total. The Labute approximate surface area is 166 Å². The molecule has 2 heterocycles. The van der Waals surface area contributed by atoms with Gasteiger partial charge in [0.1, 0.15) is 11.5 Å². The molecule has 8 nitrogen and oxygen atoms in total. The Morgan fingerprint density at radius 2 is 1.96 bits per heavy atom. The fraction of sp³-hybridized carbons (Fsp3) is 0.316. The second-order valence-corrected chi connectivity index (χ2v) is 7.44. The molecule has 0 aliphatic heterocycles. The minimum Gasteiger partial charge on any atom is -0.462 e. The van der Waals surface area contributed by atoms with Crippen molar-refractivity contribution < 1.29 is 14.3 Å². The average Bonchev–Trinajstić information content (AvgIpc) is 3.20. The Morgan fingerprint density at radius 1 is 1.21 bits per heavy atom. The summed E-state index contributed by atoms with van der Waals surface area (Å²) in [6, 6.07) is 7.69.